The number of carbonyl (C=O) groups is 2. The summed E-state index contributed by atoms with van der Waals surface area (Å²) in [5.74, 6) is 0.0962. The van der Waals surface area contributed by atoms with Crippen LogP contribution in [0, 0.1) is 0 Å². The lowest BCUT2D eigenvalue weighted by atomic mass is 10.2. The summed E-state index contributed by atoms with van der Waals surface area (Å²) in [6.45, 7) is 0. The van der Waals surface area contributed by atoms with Gasteiger partial charge in [0.1, 0.15) is 5.75 Å². The molecule has 0 saturated heterocycles. The van der Waals surface area contributed by atoms with E-state index in [-0.39, 0.29) is 11.7 Å². The number of ether oxygens (including phenoxy) is 2. The molecule has 28 heavy (non-hydrogen) atoms. The lowest BCUT2D eigenvalue weighted by Gasteiger charge is -2.07. The first-order chi connectivity index (χ1) is 13.6. The highest BCUT2D eigenvalue weighted by Crippen LogP contribution is 2.21. The van der Waals surface area contributed by atoms with Crippen molar-refractivity contribution in [2.45, 2.75) is 5.16 Å². The Morgan fingerprint density at radius 3 is 2.64 bits per heavy atom. The molecule has 0 radical (unpaired) electrons. The van der Waals surface area contributed by atoms with Crippen molar-refractivity contribution in [3.05, 3.63) is 54.1 Å². The average Bonchev–Trinajstić information content (AvgIpc) is 3.20. The molecule has 3 aromatic rings. The number of hydrogen-bond donors (Lipinski definition) is 1. The molecule has 0 aliphatic rings. The van der Waals surface area contributed by atoms with Crippen LogP contribution in [-0.4, -0.2) is 52.1 Å². The van der Waals surface area contributed by atoms with Crippen LogP contribution in [0.1, 0.15) is 10.4 Å². The highest BCUT2D eigenvalue weighted by Gasteiger charge is 2.13. The van der Waals surface area contributed by atoms with Crippen LogP contribution in [0.5, 0.6) is 5.75 Å². The van der Waals surface area contributed by atoms with Gasteiger partial charge in [-0.3, -0.25) is 4.79 Å². The molecule has 1 aromatic heterocycles. The molecule has 1 amide bonds. The van der Waals surface area contributed by atoms with Crippen molar-refractivity contribution in [1.82, 2.24) is 20.2 Å². The maximum Gasteiger partial charge on any atom is 0.337 e. The molecular formula is C18H17N5O4S. The first-order valence-corrected chi connectivity index (χ1v) is 9.13. The van der Waals surface area contributed by atoms with Gasteiger partial charge in [0.15, 0.2) is 0 Å². The van der Waals surface area contributed by atoms with Crippen LogP contribution in [0.3, 0.4) is 0 Å². The minimum absolute atomic E-state index is 0.0962. The molecule has 2 aromatic carbocycles. The van der Waals surface area contributed by atoms with E-state index in [0.29, 0.717) is 16.4 Å². The Hall–Kier alpha value is -3.40. The van der Waals surface area contributed by atoms with E-state index in [1.165, 1.54) is 23.6 Å². The number of tetrazole rings is 1. The molecule has 1 heterocycles. The molecule has 0 bridgehead atoms. The van der Waals surface area contributed by atoms with E-state index < -0.39 is 5.97 Å². The van der Waals surface area contributed by atoms with Gasteiger partial charge in [-0.1, -0.05) is 17.8 Å². The van der Waals surface area contributed by atoms with Crippen molar-refractivity contribution in [1.29, 1.82) is 0 Å². The lowest BCUT2D eigenvalue weighted by molar-refractivity contribution is -0.113. The largest absolute Gasteiger partial charge is 0.497 e. The number of amides is 1. The van der Waals surface area contributed by atoms with E-state index in [1.807, 2.05) is 12.1 Å². The normalized spacial score (nSPS) is 10.4. The van der Waals surface area contributed by atoms with Crippen molar-refractivity contribution in [3.8, 4) is 11.4 Å². The first-order valence-electron chi connectivity index (χ1n) is 8.14. The van der Waals surface area contributed by atoms with Gasteiger partial charge in [0.05, 0.1) is 31.2 Å². The van der Waals surface area contributed by atoms with Crippen molar-refractivity contribution in [2.75, 3.05) is 25.3 Å². The SMILES string of the molecule is COC(=O)c1cccc(NC(=O)CSc2nnnn2-c2ccc(OC)cc2)c1. The van der Waals surface area contributed by atoms with Crippen LogP contribution in [0.15, 0.2) is 53.7 Å². The van der Waals surface area contributed by atoms with E-state index in [1.54, 1.807) is 43.5 Å². The molecule has 0 aliphatic heterocycles. The van der Waals surface area contributed by atoms with Gasteiger partial charge in [-0.2, -0.15) is 4.68 Å². The summed E-state index contributed by atoms with van der Waals surface area (Å²) in [4.78, 5) is 23.8. The second-order valence-corrected chi connectivity index (χ2v) is 6.42. The van der Waals surface area contributed by atoms with Gasteiger partial charge in [-0.15, -0.1) is 5.10 Å². The standard InChI is InChI=1S/C18H17N5O4S/c1-26-15-8-6-14(7-9-15)23-18(20-21-22-23)28-11-16(24)19-13-5-3-4-12(10-13)17(25)27-2/h3-10H,11H2,1-2H3,(H,19,24). The number of anilines is 1. The summed E-state index contributed by atoms with van der Waals surface area (Å²) >= 11 is 1.19. The fourth-order valence-electron chi connectivity index (χ4n) is 2.32. The zero-order chi connectivity index (χ0) is 19.9. The number of rotatable bonds is 7. The number of methoxy groups -OCH3 is 2. The Bertz CT molecular complexity index is 974. The van der Waals surface area contributed by atoms with Gasteiger partial charge in [-0.05, 0) is 52.9 Å². The molecule has 144 valence electrons. The number of benzene rings is 2. The monoisotopic (exact) mass is 399 g/mol. The number of hydrogen-bond acceptors (Lipinski definition) is 8. The van der Waals surface area contributed by atoms with Crippen molar-refractivity contribution in [3.63, 3.8) is 0 Å². The molecule has 9 nitrogen and oxygen atoms in total. The van der Waals surface area contributed by atoms with Crippen LogP contribution in [0.2, 0.25) is 0 Å². The molecule has 0 unspecified atom stereocenters. The smallest absolute Gasteiger partial charge is 0.337 e. The van der Waals surface area contributed by atoms with Gasteiger partial charge in [0.25, 0.3) is 0 Å². The van der Waals surface area contributed by atoms with Gasteiger partial charge in [0.2, 0.25) is 11.1 Å². The van der Waals surface area contributed by atoms with Crippen molar-refractivity contribution in [2.24, 2.45) is 0 Å². The van der Waals surface area contributed by atoms with Crippen LogP contribution in [0.4, 0.5) is 5.69 Å². The van der Waals surface area contributed by atoms with Crippen LogP contribution in [0.25, 0.3) is 5.69 Å². The van der Waals surface area contributed by atoms with E-state index in [4.69, 9.17) is 4.74 Å². The molecule has 0 saturated carbocycles. The molecule has 0 atom stereocenters. The summed E-state index contributed by atoms with van der Waals surface area (Å²) < 4.78 is 11.3. The maximum absolute atomic E-state index is 12.2. The number of esters is 1. The lowest BCUT2D eigenvalue weighted by Crippen LogP contribution is -2.15. The highest BCUT2D eigenvalue weighted by molar-refractivity contribution is 7.99. The summed E-state index contributed by atoms with van der Waals surface area (Å²) in [5, 5.41) is 14.8. The van der Waals surface area contributed by atoms with E-state index in [0.717, 1.165) is 11.4 Å². The van der Waals surface area contributed by atoms with E-state index in [2.05, 4.69) is 25.6 Å². The van der Waals surface area contributed by atoms with Crippen molar-refractivity contribution >= 4 is 29.3 Å². The Morgan fingerprint density at radius 1 is 1.14 bits per heavy atom. The summed E-state index contributed by atoms with van der Waals surface area (Å²) in [6.07, 6.45) is 0. The summed E-state index contributed by atoms with van der Waals surface area (Å²) in [5.41, 5.74) is 1.61. The van der Waals surface area contributed by atoms with Gasteiger partial charge < -0.3 is 14.8 Å². The predicted octanol–water partition coefficient (Wildman–Crippen LogP) is 2.19. The van der Waals surface area contributed by atoms with Crippen LogP contribution in [-0.2, 0) is 9.53 Å². The number of carbonyl (C=O) groups excluding carboxylic acids is 2. The second kappa shape index (κ2) is 9.00. The fraction of sp³-hybridized carbons (Fsp3) is 0.167. The quantitative estimate of drug-likeness (QED) is 0.476. The number of aromatic nitrogens is 4. The zero-order valence-corrected chi connectivity index (χ0v) is 16.0. The molecule has 0 fully saturated rings. The third-order valence-corrected chi connectivity index (χ3v) is 4.58. The van der Waals surface area contributed by atoms with Crippen molar-refractivity contribution < 1.29 is 19.1 Å². The predicted molar refractivity (Wildman–Crippen MR) is 103 cm³/mol. The highest BCUT2D eigenvalue weighted by atomic mass is 32.2. The maximum atomic E-state index is 12.2. The second-order valence-electron chi connectivity index (χ2n) is 5.48. The average molecular weight is 399 g/mol. The Labute approximate surface area is 165 Å². The van der Waals surface area contributed by atoms with E-state index >= 15 is 0 Å². The topological polar surface area (TPSA) is 108 Å². The Morgan fingerprint density at radius 2 is 1.93 bits per heavy atom. The molecule has 10 heteroatoms. The molecule has 1 N–H and O–H groups in total. The summed E-state index contributed by atoms with van der Waals surface area (Å²) in [7, 11) is 2.89. The first kappa shape index (κ1) is 19.4. The third kappa shape index (κ3) is 4.65. The molecule has 0 spiro atoms. The third-order valence-electron chi connectivity index (χ3n) is 3.66. The number of thioether (sulfide) groups is 1. The zero-order valence-electron chi connectivity index (χ0n) is 15.2. The molecular weight excluding hydrogens is 382 g/mol. The van der Waals surface area contributed by atoms with Gasteiger partial charge in [-0.25, -0.2) is 4.79 Å². The Balaban J connectivity index is 1.63. The minimum Gasteiger partial charge on any atom is -0.497 e. The van der Waals surface area contributed by atoms with Gasteiger partial charge >= 0.3 is 5.97 Å². The fourth-order valence-corrected chi connectivity index (χ4v) is 3.01. The number of nitrogens with zero attached hydrogens (tertiary/aromatic N) is 4. The summed E-state index contributed by atoms with van der Waals surface area (Å²) in [6, 6.07) is 13.7. The number of nitrogens with one attached hydrogen (secondary N) is 1. The Kier molecular flexibility index (Phi) is 6.22. The molecule has 3 rings (SSSR count). The van der Waals surface area contributed by atoms with Crippen LogP contribution < -0.4 is 10.1 Å². The van der Waals surface area contributed by atoms with E-state index in [9.17, 15) is 9.59 Å². The van der Waals surface area contributed by atoms with Crippen LogP contribution >= 0.6 is 11.8 Å². The minimum atomic E-state index is -0.468. The van der Waals surface area contributed by atoms with Gasteiger partial charge in [0, 0.05) is 5.69 Å². The molecule has 0 aliphatic carbocycles.